The number of carbonyl (C=O) groups is 7. The molecule has 208 valence electrons. The molecule has 15 heteroatoms. The third kappa shape index (κ3) is 9.33. The molecule has 1 fully saturated rings. The van der Waals surface area contributed by atoms with E-state index in [0.29, 0.717) is 0 Å². The number of carbonyl (C=O) groups excluding carboxylic acids is 7. The lowest BCUT2D eigenvalue weighted by Gasteiger charge is -2.48. The summed E-state index contributed by atoms with van der Waals surface area (Å²) in [6.07, 6.45) is -8.08. The largest absolute Gasteiger partial charge is 0.464 e. The molecule has 1 unspecified atom stereocenters. The summed E-state index contributed by atoms with van der Waals surface area (Å²) in [6.45, 7) is 0.739. The molecular weight excluding hydrogens is 502 g/mol. The first-order valence-electron chi connectivity index (χ1n) is 12.2. The molecule has 1 aliphatic heterocycles. The van der Waals surface area contributed by atoms with Gasteiger partial charge in [-0.05, 0) is 0 Å². The van der Waals surface area contributed by atoms with Gasteiger partial charge in [0.2, 0.25) is 5.91 Å². The number of methoxy groups -OCH3 is 1. The van der Waals surface area contributed by atoms with Crippen molar-refractivity contribution in [3.8, 4) is 0 Å². The van der Waals surface area contributed by atoms with Crippen LogP contribution in [0.1, 0.15) is 52.0 Å². The molecule has 0 radical (unpaired) electrons. The Labute approximate surface area is 216 Å². The highest BCUT2D eigenvalue weighted by Crippen LogP contribution is 2.37. The van der Waals surface area contributed by atoms with Gasteiger partial charge in [-0.3, -0.25) is 28.8 Å². The minimum atomic E-state index is -3.25. The molecule has 37 heavy (non-hydrogen) atoms. The molecule has 0 aromatic heterocycles. The molecular formula is C22H31NO14. The summed E-state index contributed by atoms with van der Waals surface area (Å²) in [6, 6.07) is -1.75. The normalized spacial score (nSPS) is 25.9. The number of rotatable bonds is 10. The van der Waals surface area contributed by atoms with Crippen LogP contribution in [0.25, 0.3) is 0 Å². The zero-order valence-electron chi connectivity index (χ0n) is 24.0. The monoisotopic (exact) mass is 536 g/mol. The van der Waals surface area contributed by atoms with Crippen molar-refractivity contribution in [3.63, 3.8) is 0 Å². The standard InChI is InChI=1S/C22H31NO14/c1-10(24)23-18-16(33-12(3)26)8-22(21(30)31-7,36-15(6)29)37-20(18)19(35-14(5)28)17(34-13(4)27)9-32-11(2)25/h16-20H,8-9H2,1-7H3,(H,23,24)/t16-,17+,18+,19+,20+,22?/m0/s1/i1D3. The van der Waals surface area contributed by atoms with Gasteiger partial charge in [0, 0.05) is 45.6 Å². The summed E-state index contributed by atoms with van der Waals surface area (Å²) in [7, 11) is 0.904. The maximum atomic E-state index is 12.9. The third-order valence-electron chi connectivity index (χ3n) is 4.73. The van der Waals surface area contributed by atoms with Crippen LogP contribution in [0, 0.1) is 0 Å². The van der Waals surface area contributed by atoms with Gasteiger partial charge in [0.25, 0.3) is 0 Å². The zero-order chi connectivity index (χ0) is 31.0. The fraction of sp³-hybridized carbons (Fsp3) is 0.682. The smallest absolute Gasteiger partial charge is 0.379 e. The number of nitrogens with one attached hydrogen (secondary N) is 1. The maximum Gasteiger partial charge on any atom is 0.379 e. The molecule has 0 spiro atoms. The second kappa shape index (κ2) is 13.5. The van der Waals surface area contributed by atoms with Crippen molar-refractivity contribution < 1.29 is 70.8 Å². The first kappa shape index (κ1) is 26.3. The number of amides is 1. The van der Waals surface area contributed by atoms with Crippen molar-refractivity contribution in [1.82, 2.24) is 5.32 Å². The summed E-state index contributed by atoms with van der Waals surface area (Å²) < 4.78 is 58.5. The number of hydrogen-bond donors (Lipinski definition) is 1. The van der Waals surface area contributed by atoms with Crippen molar-refractivity contribution in [2.45, 2.75) is 84.1 Å². The van der Waals surface area contributed by atoms with Crippen LogP contribution < -0.4 is 5.32 Å². The molecule has 0 aromatic rings. The first-order chi connectivity index (χ1) is 18.3. The second-order valence-corrected chi connectivity index (χ2v) is 7.80. The highest BCUT2D eigenvalue weighted by Gasteiger charge is 2.60. The van der Waals surface area contributed by atoms with E-state index in [1.54, 1.807) is 0 Å². The van der Waals surface area contributed by atoms with Gasteiger partial charge < -0.3 is 38.5 Å². The van der Waals surface area contributed by atoms with Gasteiger partial charge in [-0.2, -0.15) is 0 Å². The van der Waals surface area contributed by atoms with Crippen LogP contribution in [-0.4, -0.2) is 91.7 Å². The van der Waals surface area contributed by atoms with Crippen LogP contribution in [0.5, 0.6) is 0 Å². The first-order valence-corrected chi connectivity index (χ1v) is 10.7. The summed E-state index contributed by atoms with van der Waals surface area (Å²) >= 11 is 0. The molecule has 1 aliphatic rings. The van der Waals surface area contributed by atoms with E-state index in [-0.39, 0.29) is 0 Å². The molecule has 15 nitrogen and oxygen atoms in total. The Morgan fingerprint density at radius 3 is 2.03 bits per heavy atom. The summed E-state index contributed by atoms with van der Waals surface area (Å²) in [4.78, 5) is 85.0. The van der Waals surface area contributed by atoms with E-state index in [4.69, 9.17) is 37.3 Å². The van der Waals surface area contributed by atoms with Gasteiger partial charge in [-0.15, -0.1) is 0 Å². The molecule has 0 saturated carbocycles. The predicted molar refractivity (Wildman–Crippen MR) is 117 cm³/mol. The van der Waals surface area contributed by atoms with Gasteiger partial charge in [0.15, 0.2) is 12.2 Å². The van der Waals surface area contributed by atoms with Crippen molar-refractivity contribution in [2.24, 2.45) is 0 Å². The van der Waals surface area contributed by atoms with Gasteiger partial charge in [0.05, 0.1) is 19.6 Å². The summed E-state index contributed by atoms with van der Waals surface area (Å²) in [5, 5.41) is 2.10. The van der Waals surface area contributed by atoms with E-state index in [9.17, 15) is 33.6 Å². The minimum Gasteiger partial charge on any atom is -0.464 e. The zero-order valence-corrected chi connectivity index (χ0v) is 21.0. The lowest BCUT2D eigenvalue weighted by molar-refractivity contribution is -0.304. The Bertz CT molecular complexity index is 1020. The fourth-order valence-corrected chi connectivity index (χ4v) is 3.65. The molecule has 0 aliphatic carbocycles. The predicted octanol–water partition coefficient (Wildman–Crippen LogP) is -0.929. The van der Waals surface area contributed by atoms with Crippen molar-refractivity contribution in [1.29, 1.82) is 0 Å². The SMILES string of the molecule is [2H]C([2H])([2H])C(=O)N[C@H]1[C@H]([C@H](OC(C)=O)[C@@H](COC(C)=O)OC(C)=O)OC(OC(C)=O)(C(=O)OC)C[C@@H]1OC(C)=O. The maximum absolute atomic E-state index is 12.9. The second-order valence-electron chi connectivity index (χ2n) is 7.80. The number of hydrogen-bond acceptors (Lipinski definition) is 14. The van der Waals surface area contributed by atoms with Gasteiger partial charge >= 0.3 is 41.6 Å². The van der Waals surface area contributed by atoms with Crippen LogP contribution in [0.2, 0.25) is 0 Å². The highest BCUT2D eigenvalue weighted by molar-refractivity contribution is 5.82. The molecule has 1 saturated heterocycles. The average molecular weight is 537 g/mol. The van der Waals surface area contributed by atoms with Crippen LogP contribution in [0.4, 0.5) is 0 Å². The Morgan fingerprint density at radius 1 is 0.946 bits per heavy atom. The number of ether oxygens (including phenoxy) is 7. The molecule has 1 amide bonds. The van der Waals surface area contributed by atoms with Crippen LogP contribution in [0.15, 0.2) is 0 Å². The summed E-state index contributed by atoms with van der Waals surface area (Å²) in [5.41, 5.74) is 0. The molecule has 1 heterocycles. The van der Waals surface area contributed by atoms with Crippen molar-refractivity contribution in [2.75, 3.05) is 13.7 Å². The Morgan fingerprint density at radius 2 is 1.57 bits per heavy atom. The van der Waals surface area contributed by atoms with E-state index in [2.05, 4.69) is 5.32 Å². The molecule has 0 bridgehead atoms. The van der Waals surface area contributed by atoms with Crippen LogP contribution >= 0.6 is 0 Å². The topological polar surface area (TPSA) is 196 Å². The van der Waals surface area contributed by atoms with Crippen LogP contribution in [-0.2, 0) is 66.7 Å². The molecule has 0 aromatic carbocycles. The van der Waals surface area contributed by atoms with Crippen LogP contribution in [0.3, 0.4) is 0 Å². The van der Waals surface area contributed by atoms with E-state index < -0.39 is 97.8 Å². The van der Waals surface area contributed by atoms with E-state index >= 15 is 0 Å². The molecule has 1 rings (SSSR count). The van der Waals surface area contributed by atoms with Gasteiger partial charge in [-0.25, -0.2) is 4.79 Å². The van der Waals surface area contributed by atoms with Crippen molar-refractivity contribution >= 4 is 41.7 Å². The third-order valence-corrected chi connectivity index (χ3v) is 4.73. The Kier molecular flexibility index (Phi) is 9.62. The van der Waals surface area contributed by atoms with Gasteiger partial charge in [-0.1, -0.05) is 0 Å². The molecule has 1 N–H and O–H groups in total. The number of esters is 6. The lowest BCUT2D eigenvalue weighted by atomic mass is 9.88. The van der Waals surface area contributed by atoms with Crippen molar-refractivity contribution in [3.05, 3.63) is 0 Å². The fourth-order valence-electron chi connectivity index (χ4n) is 3.65. The minimum absolute atomic E-state index is 0.760. The average Bonchev–Trinajstić information content (AvgIpc) is 2.79. The Balaban J connectivity index is 3.94. The highest BCUT2D eigenvalue weighted by atomic mass is 16.8. The Hall–Kier alpha value is -3.75. The lowest BCUT2D eigenvalue weighted by Crippen LogP contribution is -2.69. The van der Waals surface area contributed by atoms with E-state index in [1.165, 1.54) is 0 Å². The molecule has 6 atom stereocenters. The van der Waals surface area contributed by atoms with E-state index in [1.807, 2.05) is 0 Å². The summed E-state index contributed by atoms with van der Waals surface area (Å²) in [5.74, 6) is -10.5. The van der Waals surface area contributed by atoms with Gasteiger partial charge in [0.1, 0.15) is 18.8 Å². The quantitative estimate of drug-likeness (QED) is 0.265. The van der Waals surface area contributed by atoms with E-state index in [0.717, 1.165) is 41.7 Å².